The van der Waals surface area contributed by atoms with Gasteiger partial charge in [-0.05, 0) is 44.4 Å². The fourth-order valence-corrected chi connectivity index (χ4v) is 5.10. The number of carbonyl (C=O) groups is 2. The van der Waals surface area contributed by atoms with Gasteiger partial charge in [0.15, 0.2) is 6.10 Å². The van der Waals surface area contributed by atoms with Crippen LogP contribution in [0.25, 0.3) is 0 Å². The summed E-state index contributed by atoms with van der Waals surface area (Å²) in [5.74, 6) is 0.0275. The number of hydrogen-bond donors (Lipinski definition) is 2. The van der Waals surface area contributed by atoms with Gasteiger partial charge < -0.3 is 19.7 Å². The molecule has 0 saturated carbocycles. The van der Waals surface area contributed by atoms with Crippen molar-refractivity contribution in [2.75, 3.05) is 13.2 Å². The molecule has 0 radical (unpaired) electrons. The summed E-state index contributed by atoms with van der Waals surface area (Å²) in [6.07, 6.45) is 35.2. The van der Waals surface area contributed by atoms with E-state index in [1.807, 2.05) is 12.2 Å². The molecule has 0 aliphatic heterocycles. The molecule has 0 aromatic rings. The quantitative estimate of drug-likeness (QED) is 0.0331. The number of aliphatic hydroxyl groups excluding tert-OH is 2. The summed E-state index contributed by atoms with van der Waals surface area (Å²) in [5.41, 5.74) is 0. The molecule has 0 fully saturated rings. The lowest BCUT2D eigenvalue weighted by Gasteiger charge is -2.16. The van der Waals surface area contributed by atoms with Gasteiger partial charge in [0.2, 0.25) is 0 Å². The minimum Gasteiger partial charge on any atom is -0.462 e. The molecule has 6 heteroatoms. The predicted molar refractivity (Wildman–Crippen MR) is 188 cm³/mol. The Kier molecular flexibility index (Phi) is 32.0. The van der Waals surface area contributed by atoms with Crippen LogP contribution < -0.4 is 0 Å². The summed E-state index contributed by atoms with van der Waals surface area (Å²) in [6, 6.07) is 0. The third-order valence-electron chi connectivity index (χ3n) is 7.97. The first-order chi connectivity index (χ1) is 21.9. The van der Waals surface area contributed by atoms with E-state index in [2.05, 4.69) is 39.0 Å². The Morgan fingerprint density at radius 2 is 1.27 bits per heavy atom. The zero-order valence-electron chi connectivity index (χ0n) is 29.4. The average molecular weight is 635 g/mol. The Hall–Kier alpha value is -1.92. The summed E-state index contributed by atoms with van der Waals surface area (Å²) in [6.45, 7) is 6.28. The van der Waals surface area contributed by atoms with Crippen molar-refractivity contribution in [2.45, 2.75) is 181 Å². The van der Waals surface area contributed by atoms with Gasteiger partial charge in [-0.25, -0.2) is 0 Å². The zero-order valence-corrected chi connectivity index (χ0v) is 29.4. The van der Waals surface area contributed by atoms with Crippen LogP contribution in [0.3, 0.4) is 0 Å². The van der Waals surface area contributed by atoms with Gasteiger partial charge in [0, 0.05) is 12.8 Å². The minimum absolute atomic E-state index is 0.132. The van der Waals surface area contributed by atoms with Gasteiger partial charge in [0.1, 0.15) is 6.61 Å². The maximum absolute atomic E-state index is 12.1. The second kappa shape index (κ2) is 33.4. The van der Waals surface area contributed by atoms with Crippen molar-refractivity contribution in [1.82, 2.24) is 0 Å². The highest BCUT2D eigenvalue weighted by Crippen LogP contribution is 2.14. The SMILES string of the molecule is CCCCCCCC/C=C/C/C=C/C=C/C(O)CCCC(=O)O[C@@H](CO)COC(=O)CCCCCCCCCCCCC(C)C. The van der Waals surface area contributed by atoms with Crippen LogP contribution in [0.5, 0.6) is 0 Å². The Bertz CT molecular complexity index is 757. The minimum atomic E-state index is -0.860. The van der Waals surface area contributed by atoms with Crippen LogP contribution in [0, 0.1) is 5.92 Å². The molecule has 0 aromatic carbocycles. The van der Waals surface area contributed by atoms with E-state index < -0.39 is 24.8 Å². The van der Waals surface area contributed by atoms with Crippen LogP contribution in [0.1, 0.15) is 168 Å². The summed E-state index contributed by atoms with van der Waals surface area (Å²) >= 11 is 0. The summed E-state index contributed by atoms with van der Waals surface area (Å²) in [5, 5.41) is 19.6. The molecule has 0 rings (SSSR count). The maximum Gasteiger partial charge on any atom is 0.306 e. The normalized spacial score (nSPS) is 13.4. The fraction of sp³-hybridized carbons (Fsp3) is 0.795. The number of allylic oxidation sites excluding steroid dienone is 5. The lowest BCUT2D eigenvalue weighted by molar-refractivity contribution is -0.161. The number of ether oxygens (including phenoxy) is 2. The molecule has 0 amide bonds. The van der Waals surface area contributed by atoms with Crippen molar-refractivity contribution in [3.8, 4) is 0 Å². The van der Waals surface area contributed by atoms with Crippen LogP contribution in [-0.2, 0) is 19.1 Å². The number of rotatable bonds is 32. The van der Waals surface area contributed by atoms with Crippen LogP contribution in [0.2, 0.25) is 0 Å². The Morgan fingerprint density at radius 1 is 0.667 bits per heavy atom. The summed E-state index contributed by atoms with van der Waals surface area (Å²) in [4.78, 5) is 24.2. The van der Waals surface area contributed by atoms with E-state index in [0.717, 1.165) is 38.0 Å². The van der Waals surface area contributed by atoms with E-state index in [-0.39, 0.29) is 19.0 Å². The zero-order chi connectivity index (χ0) is 33.2. The lowest BCUT2D eigenvalue weighted by Crippen LogP contribution is -2.28. The van der Waals surface area contributed by atoms with Gasteiger partial charge in [0.25, 0.3) is 0 Å². The molecule has 2 atom stereocenters. The van der Waals surface area contributed by atoms with E-state index >= 15 is 0 Å². The largest absolute Gasteiger partial charge is 0.462 e. The van der Waals surface area contributed by atoms with Crippen molar-refractivity contribution in [1.29, 1.82) is 0 Å². The van der Waals surface area contributed by atoms with Crippen molar-refractivity contribution in [3.63, 3.8) is 0 Å². The molecule has 0 heterocycles. The lowest BCUT2D eigenvalue weighted by atomic mass is 10.0. The molecule has 262 valence electrons. The first-order valence-corrected chi connectivity index (χ1v) is 18.5. The van der Waals surface area contributed by atoms with Crippen LogP contribution >= 0.6 is 0 Å². The van der Waals surface area contributed by atoms with Crippen molar-refractivity contribution in [2.24, 2.45) is 5.92 Å². The molecule has 0 saturated heterocycles. The van der Waals surface area contributed by atoms with Gasteiger partial charge >= 0.3 is 11.9 Å². The first-order valence-electron chi connectivity index (χ1n) is 18.5. The molecule has 0 aliphatic carbocycles. The molecule has 0 spiro atoms. The Morgan fingerprint density at radius 3 is 1.91 bits per heavy atom. The van der Waals surface area contributed by atoms with Crippen LogP contribution in [-0.4, -0.2) is 47.6 Å². The van der Waals surface area contributed by atoms with Gasteiger partial charge in [-0.15, -0.1) is 0 Å². The monoisotopic (exact) mass is 635 g/mol. The van der Waals surface area contributed by atoms with Crippen molar-refractivity contribution in [3.05, 3.63) is 36.5 Å². The highest BCUT2D eigenvalue weighted by molar-refractivity contribution is 5.70. The molecular formula is C39H70O6. The second-order valence-electron chi connectivity index (χ2n) is 13.0. The number of carbonyl (C=O) groups excluding carboxylic acids is 2. The van der Waals surface area contributed by atoms with Crippen LogP contribution in [0.15, 0.2) is 36.5 Å². The molecule has 2 N–H and O–H groups in total. The maximum atomic E-state index is 12.1. The van der Waals surface area contributed by atoms with E-state index in [9.17, 15) is 19.8 Å². The molecule has 0 aliphatic rings. The third-order valence-corrected chi connectivity index (χ3v) is 7.97. The van der Waals surface area contributed by atoms with E-state index in [0.29, 0.717) is 19.3 Å². The molecule has 6 nitrogen and oxygen atoms in total. The standard InChI is InChI=1S/C39H70O6/c1-4-5-6-7-8-9-10-11-12-16-19-22-25-29-36(41)30-27-32-39(43)45-37(33-40)34-44-38(42)31-26-23-20-17-14-13-15-18-21-24-28-35(2)3/h11-12,19,22,25,29,35-37,40-41H,4-10,13-18,20-21,23-24,26-28,30-34H2,1-3H3/b12-11+,22-19+,29-25+/t36?,37-/m0/s1. The number of aliphatic hydroxyl groups is 2. The molecule has 45 heavy (non-hydrogen) atoms. The van der Waals surface area contributed by atoms with E-state index in [1.165, 1.54) is 89.9 Å². The van der Waals surface area contributed by atoms with Gasteiger partial charge in [-0.1, -0.05) is 154 Å². The first kappa shape index (κ1) is 43.1. The Labute approximate surface area is 277 Å². The predicted octanol–water partition coefficient (Wildman–Crippen LogP) is 10.1. The molecule has 0 bridgehead atoms. The molecule has 1 unspecified atom stereocenters. The second-order valence-corrected chi connectivity index (χ2v) is 13.0. The van der Waals surface area contributed by atoms with Crippen LogP contribution in [0.4, 0.5) is 0 Å². The van der Waals surface area contributed by atoms with Crippen molar-refractivity contribution < 1.29 is 29.3 Å². The fourth-order valence-electron chi connectivity index (χ4n) is 5.10. The third kappa shape index (κ3) is 33.3. The van der Waals surface area contributed by atoms with Gasteiger partial charge in [-0.3, -0.25) is 9.59 Å². The topological polar surface area (TPSA) is 93.1 Å². The van der Waals surface area contributed by atoms with Gasteiger partial charge in [-0.2, -0.15) is 0 Å². The summed E-state index contributed by atoms with van der Waals surface area (Å²) in [7, 11) is 0. The number of hydrogen-bond acceptors (Lipinski definition) is 6. The number of unbranched alkanes of at least 4 members (excludes halogenated alkanes) is 15. The van der Waals surface area contributed by atoms with Crippen molar-refractivity contribution >= 4 is 11.9 Å². The Balaban J connectivity index is 3.78. The highest BCUT2D eigenvalue weighted by atomic mass is 16.6. The van der Waals surface area contributed by atoms with E-state index in [4.69, 9.17) is 9.47 Å². The average Bonchev–Trinajstić information content (AvgIpc) is 3.01. The molecule has 0 aromatic heterocycles. The smallest absolute Gasteiger partial charge is 0.306 e. The van der Waals surface area contributed by atoms with E-state index in [1.54, 1.807) is 6.08 Å². The van der Waals surface area contributed by atoms with Gasteiger partial charge in [0.05, 0.1) is 12.7 Å². The summed E-state index contributed by atoms with van der Waals surface area (Å²) < 4.78 is 10.5. The highest BCUT2D eigenvalue weighted by Gasteiger charge is 2.16. The molecular weight excluding hydrogens is 564 g/mol. The number of esters is 2.